The summed E-state index contributed by atoms with van der Waals surface area (Å²) < 4.78 is 11.8. The molecule has 1 N–H and O–H groups in total. The molecule has 0 unspecified atom stereocenters. The molecule has 0 aromatic carbocycles. The number of aryl methyl sites for hydroxylation is 1. The third-order valence-electron chi connectivity index (χ3n) is 8.35. The fraction of sp³-hybridized carbons (Fsp3) is 0.567. The Kier molecular flexibility index (Phi) is 7.88. The van der Waals surface area contributed by atoms with E-state index in [9.17, 15) is 0 Å². The quantitative estimate of drug-likeness (QED) is 0.414. The minimum absolute atomic E-state index is 0.408. The van der Waals surface area contributed by atoms with E-state index in [-0.39, 0.29) is 0 Å². The maximum absolute atomic E-state index is 6.07. The van der Waals surface area contributed by atoms with Gasteiger partial charge in [0.15, 0.2) is 0 Å². The molecule has 2 fully saturated rings. The normalized spacial score (nSPS) is 18.6. The van der Waals surface area contributed by atoms with E-state index < -0.39 is 0 Å². The fourth-order valence-electron chi connectivity index (χ4n) is 6.22. The molecule has 0 spiro atoms. The molecule has 202 valence electrons. The Morgan fingerprint density at radius 3 is 2.55 bits per heavy atom. The molecular weight excluding hydrogens is 476 g/mol. The number of rotatable bonds is 9. The average Bonchev–Trinajstić information content (AvgIpc) is 3.49. The van der Waals surface area contributed by atoms with Gasteiger partial charge in [-0.2, -0.15) is 0 Å². The summed E-state index contributed by atoms with van der Waals surface area (Å²) in [4.78, 5) is 19.2. The molecule has 3 aromatic heterocycles. The Balaban J connectivity index is 1.21. The number of nitrogens with zero attached hydrogens (tertiary/aromatic N) is 5. The highest BCUT2D eigenvalue weighted by molar-refractivity contribution is 5.91. The monoisotopic (exact) mass is 516 g/mol. The van der Waals surface area contributed by atoms with Crippen molar-refractivity contribution in [3.8, 4) is 5.88 Å². The second kappa shape index (κ2) is 11.8. The lowest BCUT2D eigenvalue weighted by atomic mass is 9.92. The molecule has 0 radical (unpaired) electrons. The van der Waals surface area contributed by atoms with Gasteiger partial charge < -0.3 is 24.6 Å². The van der Waals surface area contributed by atoms with Crippen molar-refractivity contribution < 1.29 is 9.47 Å². The van der Waals surface area contributed by atoms with Gasteiger partial charge in [-0.25, -0.2) is 4.98 Å². The van der Waals surface area contributed by atoms with Gasteiger partial charge in [0.05, 0.1) is 31.5 Å². The van der Waals surface area contributed by atoms with Crippen LogP contribution >= 0.6 is 0 Å². The summed E-state index contributed by atoms with van der Waals surface area (Å²) in [5.41, 5.74) is 7.86. The molecule has 3 aromatic rings. The van der Waals surface area contributed by atoms with Crippen LogP contribution in [-0.2, 0) is 24.2 Å². The van der Waals surface area contributed by atoms with Crippen LogP contribution in [0.2, 0.25) is 0 Å². The van der Waals surface area contributed by atoms with E-state index in [0.717, 1.165) is 68.5 Å². The molecule has 5 heterocycles. The largest absolute Gasteiger partial charge is 0.481 e. The first-order chi connectivity index (χ1) is 18.8. The van der Waals surface area contributed by atoms with Crippen LogP contribution in [0.3, 0.4) is 0 Å². The first-order valence-corrected chi connectivity index (χ1v) is 14.4. The number of hydrogen-bond donors (Lipinski definition) is 1. The van der Waals surface area contributed by atoms with Crippen LogP contribution < -0.4 is 15.0 Å². The van der Waals surface area contributed by atoms with Crippen molar-refractivity contribution in [2.45, 2.75) is 64.0 Å². The van der Waals surface area contributed by atoms with Crippen molar-refractivity contribution in [1.29, 1.82) is 0 Å². The maximum Gasteiger partial charge on any atom is 0.219 e. The first-order valence-electron chi connectivity index (χ1n) is 14.4. The number of likely N-dealkylation sites (tertiary alicyclic amines) is 1. The molecule has 0 atom stereocenters. The number of anilines is 2. The van der Waals surface area contributed by atoms with Gasteiger partial charge in [0.2, 0.25) is 5.88 Å². The Bertz CT molecular complexity index is 1220. The number of aromatic nitrogens is 3. The van der Waals surface area contributed by atoms with Gasteiger partial charge in [-0.15, -0.1) is 0 Å². The predicted molar refractivity (Wildman–Crippen MR) is 151 cm³/mol. The van der Waals surface area contributed by atoms with Crippen LogP contribution in [0.15, 0.2) is 30.6 Å². The van der Waals surface area contributed by atoms with Gasteiger partial charge in [-0.05, 0) is 88.2 Å². The molecule has 38 heavy (non-hydrogen) atoms. The van der Waals surface area contributed by atoms with Crippen molar-refractivity contribution in [1.82, 2.24) is 19.9 Å². The lowest BCUT2D eigenvalue weighted by molar-refractivity contribution is 0.0975. The molecule has 0 saturated carbocycles. The first kappa shape index (κ1) is 25.3. The summed E-state index contributed by atoms with van der Waals surface area (Å²) in [5, 5.41) is 3.94. The summed E-state index contributed by atoms with van der Waals surface area (Å²) in [6.07, 6.45) is 13.0. The SMILES string of the molecule is COc1nc2c(NC3CCN(c4ccncc4)CC3)c3c(nc2cc1COCCN1CCCC1)CCCC3. The molecule has 3 aliphatic rings. The van der Waals surface area contributed by atoms with Crippen LogP contribution in [0, 0.1) is 0 Å². The van der Waals surface area contributed by atoms with Gasteiger partial charge in [-0.1, -0.05) is 0 Å². The van der Waals surface area contributed by atoms with Gasteiger partial charge in [0, 0.05) is 55.0 Å². The van der Waals surface area contributed by atoms with E-state index >= 15 is 0 Å². The Labute approximate surface area is 225 Å². The van der Waals surface area contributed by atoms with Crippen molar-refractivity contribution in [2.24, 2.45) is 0 Å². The molecule has 1 aliphatic carbocycles. The number of fused-ring (bicyclic) bond motifs is 2. The van der Waals surface area contributed by atoms with E-state index in [4.69, 9.17) is 19.4 Å². The number of pyridine rings is 3. The zero-order chi connectivity index (χ0) is 25.7. The maximum atomic E-state index is 6.07. The Hall–Kier alpha value is -2.97. The summed E-state index contributed by atoms with van der Waals surface area (Å²) in [6, 6.07) is 6.75. The van der Waals surface area contributed by atoms with Crippen molar-refractivity contribution in [3.05, 3.63) is 47.4 Å². The number of piperidine rings is 1. The van der Waals surface area contributed by atoms with Crippen molar-refractivity contribution in [2.75, 3.05) is 56.7 Å². The predicted octanol–water partition coefficient (Wildman–Crippen LogP) is 4.61. The lowest BCUT2D eigenvalue weighted by Gasteiger charge is -2.35. The third-order valence-corrected chi connectivity index (χ3v) is 8.35. The highest BCUT2D eigenvalue weighted by Gasteiger charge is 2.25. The van der Waals surface area contributed by atoms with Crippen LogP contribution in [0.4, 0.5) is 11.4 Å². The number of ether oxygens (including phenoxy) is 2. The summed E-state index contributed by atoms with van der Waals surface area (Å²) in [7, 11) is 1.70. The lowest BCUT2D eigenvalue weighted by Crippen LogP contribution is -2.39. The molecular formula is C30H40N6O2. The van der Waals surface area contributed by atoms with Crippen molar-refractivity contribution >= 4 is 22.4 Å². The Morgan fingerprint density at radius 1 is 0.974 bits per heavy atom. The van der Waals surface area contributed by atoms with Gasteiger partial charge in [0.25, 0.3) is 0 Å². The van der Waals surface area contributed by atoms with Gasteiger partial charge in [-0.3, -0.25) is 9.97 Å². The van der Waals surface area contributed by atoms with Crippen LogP contribution in [-0.4, -0.2) is 72.3 Å². The number of nitrogens with one attached hydrogen (secondary N) is 1. The zero-order valence-electron chi connectivity index (χ0n) is 22.6. The minimum atomic E-state index is 0.408. The number of methoxy groups -OCH3 is 1. The third kappa shape index (κ3) is 5.57. The standard InChI is InChI=1S/C30H40N6O2/c1-37-30-22(21-38-19-18-35-14-4-5-15-35)20-27-29(34-30)28(25-6-2-3-7-26(25)33-27)32-23-10-16-36(17-11-23)24-8-12-31-13-9-24/h8-9,12-13,20,23H,2-7,10-11,14-19,21H2,1H3,(H,32,33). The minimum Gasteiger partial charge on any atom is -0.481 e. The number of hydrogen-bond acceptors (Lipinski definition) is 8. The van der Waals surface area contributed by atoms with E-state index in [1.54, 1.807) is 7.11 Å². The fourth-order valence-corrected chi connectivity index (χ4v) is 6.22. The van der Waals surface area contributed by atoms with Crippen LogP contribution in [0.5, 0.6) is 5.88 Å². The van der Waals surface area contributed by atoms with Crippen molar-refractivity contribution in [3.63, 3.8) is 0 Å². The van der Waals surface area contributed by atoms with E-state index in [0.29, 0.717) is 18.5 Å². The molecule has 8 nitrogen and oxygen atoms in total. The van der Waals surface area contributed by atoms with Crippen LogP contribution in [0.1, 0.15) is 55.3 Å². The smallest absolute Gasteiger partial charge is 0.219 e. The van der Waals surface area contributed by atoms with Crippen LogP contribution in [0.25, 0.3) is 11.0 Å². The average molecular weight is 517 g/mol. The summed E-state index contributed by atoms with van der Waals surface area (Å²) >= 11 is 0. The van der Waals surface area contributed by atoms with Gasteiger partial charge >= 0.3 is 0 Å². The molecule has 8 heteroatoms. The molecule has 2 aliphatic heterocycles. The molecule has 0 bridgehead atoms. The highest BCUT2D eigenvalue weighted by Crippen LogP contribution is 2.36. The topological polar surface area (TPSA) is 75.6 Å². The van der Waals surface area contributed by atoms with E-state index in [1.165, 1.54) is 61.4 Å². The molecule has 6 rings (SSSR count). The highest BCUT2D eigenvalue weighted by atomic mass is 16.5. The van der Waals surface area contributed by atoms with E-state index in [1.807, 2.05) is 12.4 Å². The second-order valence-electron chi connectivity index (χ2n) is 10.9. The van der Waals surface area contributed by atoms with E-state index in [2.05, 4.69) is 38.3 Å². The molecule has 2 saturated heterocycles. The summed E-state index contributed by atoms with van der Waals surface area (Å²) in [6.45, 7) is 6.66. The second-order valence-corrected chi connectivity index (χ2v) is 10.9. The summed E-state index contributed by atoms with van der Waals surface area (Å²) in [5.74, 6) is 0.645. The Morgan fingerprint density at radius 2 is 1.76 bits per heavy atom. The van der Waals surface area contributed by atoms with Gasteiger partial charge in [0.1, 0.15) is 5.52 Å². The molecule has 0 amide bonds. The zero-order valence-corrected chi connectivity index (χ0v) is 22.6.